The van der Waals surface area contributed by atoms with Crippen molar-refractivity contribution < 1.29 is 8.78 Å². The van der Waals surface area contributed by atoms with E-state index in [2.05, 4.69) is 0 Å². The minimum atomic E-state index is -0.529. The second-order valence-electron chi connectivity index (χ2n) is 2.62. The molecule has 0 aliphatic heterocycles. The number of aryl methyl sites for hydroxylation is 1. The highest BCUT2D eigenvalue weighted by molar-refractivity contribution is 5.53. The SMILES string of the molecule is C/C=C\c1c(C)cc(F)cc1F. The number of rotatable bonds is 1. The lowest BCUT2D eigenvalue weighted by molar-refractivity contribution is 0.579. The fraction of sp³-hybridized carbons (Fsp3) is 0.200. The van der Waals surface area contributed by atoms with Crippen LogP contribution in [-0.4, -0.2) is 0 Å². The summed E-state index contributed by atoms with van der Waals surface area (Å²) in [6, 6.07) is 2.21. The molecule has 2 heteroatoms. The maximum Gasteiger partial charge on any atom is 0.133 e. The average Bonchev–Trinajstić information content (AvgIpc) is 1.96. The van der Waals surface area contributed by atoms with Crippen LogP contribution >= 0.6 is 0 Å². The van der Waals surface area contributed by atoms with Crippen molar-refractivity contribution in [1.29, 1.82) is 0 Å². The molecule has 0 bridgehead atoms. The van der Waals surface area contributed by atoms with Crippen LogP contribution in [0.3, 0.4) is 0 Å². The lowest BCUT2D eigenvalue weighted by atomic mass is 10.1. The first-order chi connectivity index (χ1) is 5.65. The van der Waals surface area contributed by atoms with Crippen molar-refractivity contribution in [1.82, 2.24) is 0 Å². The zero-order chi connectivity index (χ0) is 9.14. The van der Waals surface area contributed by atoms with Gasteiger partial charge in [0.2, 0.25) is 0 Å². The lowest BCUT2D eigenvalue weighted by Crippen LogP contribution is -1.89. The Morgan fingerprint density at radius 2 is 1.92 bits per heavy atom. The normalized spacial score (nSPS) is 11.0. The Kier molecular flexibility index (Phi) is 2.58. The van der Waals surface area contributed by atoms with Gasteiger partial charge >= 0.3 is 0 Å². The molecule has 0 radical (unpaired) electrons. The van der Waals surface area contributed by atoms with Crippen molar-refractivity contribution in [3.05, 3.63) is 41.0 Å². The van der Waals surface area contributed by atoms with E-state index in [1.165, 1.54) is 6.07 Å². The van der Waals surface area contributed by atoms with Gasteiger partial charge in [0.15, 0.2) is 0 Å². The topological polar surface area (TPSA) is 0 Å². The van der Waals surface area contributed by atoms with Crippen LogP contribution in [0.4, 0.5) is 8.78 Å². The maximum absolute atomic E-state index is 13.0. The third kappa shape index (κ3) is 1.70. The molecule has 64 valence electrons. The van der Waals surface area contributed by atoms with Crippen LogP contribution in [0.5, 0.6) is 0 Å². The van der Waals surface area contributed by atoms with E-state index in [0.717, 1.165) is 6.07 Å². The van der Waals surface area contributed by atoms with Crippen LogP contribution in [0.1, 0.15) is 18.1 Å². The van der Waals surface area contributed by atoms with Gasteiger partial charge in [-0.15, -0.1) is 0 Å². The smallest absolute Gasteiger partial charge is 0.133 e. The predicted octanol–water partition coefficient (Wildman–Crippen LogP) is 3.31. The quantitative estimate of drug-likeness (QED) is 0.603. The van der Waals surface area contributed by atoms with Crippen LogP contribution in [-0.2, 0) is 0 Å². The van der Waals surface area contributed by atoms with Crippen LogP contribution in [0.15, 0.2) is 18.2 Å². The molecule has 0 aromatic heterocycles. The van der Waals surface area contributed by atoms with Crippen molar-refractivity contribution in [2.24, 2.45) is 0 Å². The first kappa shape index (κ1) is 8.91. The Balaban J connectivity index is 3.28. The molecule has 0 N–H and O–H groups in total. The van der Waals surface area contributed by atoms with Gasteiger partial charge in [0.25, 0.3) is 0 Å². The van der Waals surface area contributed by atoms with Gasteiger partial charge in [0.1, 0.15) is 11.6 Å². The van der Waals surface area contributed by atoms with Crippen molar-refractivity contribution in [2.45, 2.75) is 13.8 Å². The van der Waals surface area contributed by atoms with Gasteiger partial charge in [-0.25, -0.2) is 8.78 Å². The molecule has 12 heavy (non-hydrogen) atoms. The molecule has 0 spiro atoms. The van der Waals surface area contributed by atoms with Gasteiger partial charge in [-0.1, -0.05) is 12.2 Å². The highest BCUT2D eigenvalue weighted by atomic mass is 19.1. The Morgan fingerprint density at radius 3 is 2.42 bits per heavy atom. The molecule has 0 aliphatic carbocycles. The lowest BCUT2D eigenvalue weighted by Gasteiger charge is -2.01. The Hall–Kier alpha value is -1.18. The molecular weight excluding hydrogens is 158 g/mol. The van der Waals surface area contributed by atoms with E-state index in [1.807, 2.05) is 0 Å². The van der Waals surface area contributed by atoms with Crippen molar-refractivity contribution in [2.75, 3.05) is 0 Å². The predicted molar refractivity (Wildman–Crippen MR) is 45.8 cm³/mol. The summed E-state index contributed by atoms with van der Waals surface area (Å²) in [5.74, 6) is -1.04. The first-order valence-corrected chi connectivity index (χ1v) is 3.73. The highest BCUT2D eigenvalue weighted by Gasteiger charge is 2.04. The minimum Gasteiger partial charge on any atom is -0.207 e. The molecule has 1 aromatic rings. The fourth-order valence-corrected chi connectivity index (χ4v) is 1.09. The van der Waals surface area contributed by atoms with E-state index < -0.39 is 11.6 Å². The van der Waals surface area contributed by atoms with Crippen LogP contribution < -0.4 is 0 Å². The summed E-state index contributed by atoms with van der Waals surface area (Å²) >= 11 is 0. The van der Waals surface area contributed by atoms with Gasteiger partial charge in [0.05, 0.1) is 0 Å². The number of hydrogen-bond donors (Lipinski definition) is 0. The number of benzene rings is 1. The number of hydrogen-bond acceptors (Lipinski definition) is 0. The van der Waals surface area contributed by atoms with Crippen molar-refractivity contribution in [3.8, 4) is 0 Å². The summed E-state index contributed by atoms with van der Waals surface area (Å²) in [5.41, 5.74) is 1.07. The summed E-state index contributed by atoms with van der Waals surface area (Å²) in [6.45, 7) is 3.48. The molecular formula is C10H10F2. The Labute approximate surface area is 70.5 Å². The molecule has 0 heterocycles. The van der Waals surface area contributed by atoms with E-state index in [0.29, 0.717) is 11.1 Å². The molecule has 1 rings (SSSR count). The molecule has 0 saturated carbocycles. The molecule has 0 fully saturated rings. The molecule has 0 aliphatic rings. The summed E-state index contributed by atoms with van der Waals surface area (Å²) in [4.78, 5) is 0. The van der Waals surface area contributed by atoms with Gasteiger partial charge in [0, 0.05) is 11.6 Å². The summed E-state index contributed by atoms with van der Waals surface area (Å²) in [5, 5.41) is 0. The minimum absolute atomic E-state index is 0.457. The second kappa shape index (κ2) is 3.48. The van der Waals surface area contributed by atoms with E-state index in [9.17, 15) is 8.78 Å². The standard InChI is InChI=1S/C10H10F2/c1-3-4-9-7(2)5-8(11)6-10(9)12/h3-6H,1-2H3/b4-3-. The molecule has 1 aromatic carbocycles. The molecule has 0 unspecified atom stereocenters. The second-order valence-corrected chi connectivity index (χ2v) is 2.62. The number of allylic oxidation sites excluding steroid dienone is 1. The summed E-state index contributed by atoms with van der Waals surface area (Å²) < 4.78 is 25.6. The summed E-state index contributed by atoms with van der Waals surface area (Å²) in [7, 11) is 0. The first-order valence-electron chi connectivity index (χ1n) is 3.73. The largest absolute Gasteiger partial charge is 0.207 e. The third-order valence-corrected chi connectivity index (χ3v) is 1.63. The highest BCUT2D eigenvalue weighted by Crippen LogP contribution is 2.16. The maximum atomic E-state index is 13.0. The van der Waals surface area contributed by atoms with E-state index in [-0.39, 0.29) is 0 Å². The van der Waals surface area contributed by atoms with E-state index in [4.69, 9.17) is 0 Å². The van der Waals surface area contributed by atoms with Gasteiger partial charge in [-0.05, 0) is 25.5 Å². The molecule has 0 amide bonds. The van der Waals surface area contributed by atoms with Crippen LogP contribution in [0, 0.1) is 18.6 Å². The van der Waals surface area contributed by atoms with E-state index >= 15 is 0 Å². The van der Waals surface area contributed by atoms with Gasteiger partial charge in [-0.2, -0.15) is 0 Å². The monoisotopic (exact) mass is 168 g/mol. The van der Waals surface area contributed by atoms with E-state index in [1.54, 1.807) is 26.0 Å². The van der Waals surface area contributed by atoms with Gasteiger partial charge in [-0.3, -0.25) is 0 Å². The van der Waals surface area contributed by atoms with Crippen molar-refractivity contribution in [3.63, 3.8) is 0 Å². The van der Waals surface area contributed by atoms with Crippen LogP contribution in [0.25, 0.3) is 6.08 Å². The molecule has 0 atom stereocenters. The van der Waals surface area contributed by atoms with Crippen molar-refractivity contribution >= 4 is 6.08 Å². The third-order valence-electron chi connectivity index (χ3n) is 1.63. The molecule has 0 saturated heterocycles. The Morgan fingerprint density at radius 1 is 1.25 bits per heavy atom. The fourth-order valence-electron chi connectivity index (χ4n) is 1.09. The summed E-state index contributed by atoms with van der Waals surface area (Å²) in [6.07, 6.45) is 3.35. The van der Waals surface area contributed by atoms with Crippen LogP contribution in [0.2, 0.25) is 0 Å². The molecule has 0 nitrogen and oxygen atoms in total. The zero-order valence-electron chi connectivity index (χ0n) is 7.07. The number of halogens is 2. The zero-order valence-corrected chi connectivity index (χ0v) is 7.07. The Bertz CT molecular complexity index is 291. The van der Waals surface area contributed by atoms with Gasteiger partial charge < -0.3 is 0 Å². The average molecular weight is 168 g/mol.